The summed E-state index contributed by atoms with van der Waals surface area (Å²) in [4.78, 5) is 4.21. The number of hydrogen-bond donors (Lipinski definition) is 0. The van der Waals surface area contributed by atoms with Gasteiger partial charge in [-0.25, -0.2) is 0 Å². The number of nitrogens with zero attached hydrogens (tertiary/aromatic N) is 1. The summed E-state index contributed by atoms with van der Waals surface area (Å²) in [5.41, 5.74) is 11.5. The van der Waals surface area contributed by atoms with E-state index in [-0.39, 0.29) is 12.1 Å². The van der Waals surface area contributed by atoms with Crippen molar-refractivity contribution in [3.05, 3.63) is 178 Å². The Balaban J connectivity index is 0.991. The summed E-state index contributed by atoms with van der Waals surface area (Å²) in [6.45, 7) is 5.17. The van der Waals surface area contributed by atoms with Crippen LogP contribution < -0.4 is 9.92 Å². The lowest BCUT2D eigenvalue weighted by Gasteiger charge is -2.41. The van der Waals surface area contributed by atoms with Crippen LogP contribution in [0.1, 0.15) is 60.6 Å². The quantitative estimate of drug-likeness (QED) is 0.293. The van der Waals surface area contributed by atoms with E-state index in [0.29, 0.717) is 28.9 Å². The minimum Gasteiger partial charge on any atom is -0.484 e. The fraction of sp³-hybridized carbons (Fsp3) is 0.292. The first-order valence-corrected chi connectivity index (χ1v) is 23.4. The lowest BCUT2D eigenvalue weighted by Crippen LogP contribution is -2.44. The van der Waals surface area contributed by atoms with Crippen molar-refractivity contribution in [2.24, 2.45) is 11.8 Å². The molecule has 0 saturated carbocycles. The van der Waals surface area contributed by atoms with Crippen molar-refractivity contribution in [3.8, 4) is 5.75 Å². The van der Waals surface area contributed by atoms with Crippen molar-refractivity contribution in [3.63, 3.8) is 0 Å². The van der Waals surface area contributed by atoms with E-state index in [4.69, 9.17) is 4.74 Å². The van der Waals surface area contributed by atoms with Crippen molar-refractivity contribution in [1.29, 1.82) is 0 Å². The molecule has 0 spiro atoms. The SMILES string of the molecule is C[Si]1(C)C2=C(C=CC(N(C3=CC4c5ccccc5SC4C=C3)C3=CC(C4C=CC=C5C=CCCC54)=CCC3)C2)c2c1ccc1c2OC2C=CC=CC12. The highest BCUT2D eigenvalue weighted by Crippen LogP contribution is 2.53. The van der Waals surface area contributed by atoms with Gasteiger partial charge in [-0.2, -0.15) is 0 Å². The lowest BCUT2D eigenvalue weighted by atomic mass is 9.72. The zero-order chi connectivity index (χ0) is 34.6. The summed E-state index contributed by atoms with van der Waals surface area (Å²) in [6.07, 6.45) is 44.3. The maximum absolute atomic E-state index is 6.79. The van der Waals surface area contributed by atoms with Gasteiger partial charge in [-0.05, 0) is 89.8 Å². The maximum Gasteiger partial charge on any atom is 0.131 e. The largest absolute Gasteiger partial charge is 0.484 e. The molecule has 0 saturated heterocycles. The molecule has 2 aromatic carbocycles. The first kappa shape index (κ1) is 31.3. The van der Waals surface area contributed by atoms with Crippen molar-refractivity contribution in [1.82, 2.24) is 4.90 Å². The van der Waals surface area contributed by atoms with Crippen molar-refractivity contribution in [2.45, 2.75) is 79.3 Å². The van der Waals surface area contributed by atoms with Crippen LogP contribution in [0.3, 0.4) is 0 Å². The van der Waals surface area contributed by atoms with E-state index in [2.05, 4.69) is 152 Å². The Kier molecular flexibility index (Phi) is 7.15. The van der Waals surface area contributed by atoms with E-state index in [1.54, 1.807) is 10.4 Å². The molecule has 3 aliphatic heterocycles. The molecule has 4 heteroatoms. The lowest BCUT2D eigenvalue weighted by molar-refractivity contribution is 0.268. The molecule has 0 N–H and O–H groups in total. The molecule has 7 atom stereocenters. The number of ether oxygens (including phenoxy) is 1. The van der Waals surface area contributed by atoms with E-state index >= 15 is 0 Å². The summed E-state index contributed by atoms with van der Waals surface area (Å²) >= 11 is 2.03. The Morgan fingerprint density at radius 1 is 0.827 bits per heavy atom. The van der Waals surface area contributed by atoms with Gasteiger partial charge in [-0.15, -0.1) is 11.8 Å². The number of rotatable bonds is 4. The molecule has 0 fully saturated rings. The Labute approximate surface area is 313 Å². The molecule has 52 heavy (non-hydrogen) atoms. The molecule has 0 radical (unpaired) electrons. The zero-order valence-electron chi connectivity index (χ0n) is 30.0. The van der Waals surface area contributed by atoms with E-state index in [0.717, 1.165) is 25.0 Å². The van der Waals surface area contributed by atoms with Crippen LogP contribution in [0.25, 0.3) is 5.57 Å². The van der Waals surface area contributed by atoms with Gasteiger partial charge < -0.3 is 9.64 Å². The van der Waals surface area contributed by atoms with Gasteiger partial charge in [0, 0.05) is 50.4 Å². The zero-order valence-corrected chi connectivity index (χ0v) is 31.9. The van der Waals surface area contributed by atoms with Crippen LogP contribution in [0.5, 0.6) is 5.75 Å². The van der Waals surface area contributed by atoms with Crippen LogP contribution in [0.4, 0.5) is 0 Å². The second-order valence-electron chi connectivity index (χ2n) is 16.4. The summed E-state index contributed by atoms with van der Waals surface area (Å²) < 4.78 is 6.79. The van der Waals surface area contributed by atoms with Crippen LogP contribution >= 0.6 is 11.8 Å². The van der Waals surface area contributed by atoms with E-state index in [1.807, 2.05) is 11.8 Å². The maximum atomic E-state index is 6.79. The van der Waals surface area contributed by atoms with Gasteiger partial charge in [0.1, 0.15) is 19.9 Å². The predicted octanol–water partition coefficient (Wildman–Crippen LogP) is 10.9. The van der Waals surface area contributed by atoms with Gasteiger partial charge in [-0.3, -0.25) is 0 Å². The summed E-state index contributed by atoms with van der Waals surface area (Å²) in [5, 5.41) is 3.71. The highest BCUT2D eigenvalue weighted by molar-refractivity contribution is 8.00. The third-order valence-electron chi connectivity index (χ3n) is 13.3. The Morgan fingerprint density at radius 2 is 1.73 bits per heavy atom. The van der Waals surface area contributed by atoms with Crippen LogP contribution in [0, 0.1) is 11.8 Å². The van der Waals surface area contributed by atoms with Crippen molar-refractivity contribution < 1.29 is 4.74 Å². The van der Waals surface area contributed by atoms with Gasteiger partial charge in [0.05, 0.1) is 6.04 Å². The number of thioether (sulfide) groups is 1. The van der Waals surface area contributed by atoms with Gasteiger partial charge in [-0.1, -0.05) is 128 Å². The van der Waals surface area contributed by atoms with Gasteiger partial charge in [0.25, 0.3) is 0 Å². The van der Waals surface area contributed by atoms with Gasteiger partial charge in [0.15, 0.2) is 0 Å². The molecule has 7 unspecified atom stereocenters. The van der Waals surface area contributed by atoms with Crippen LogP contribution in [0.15, 0.2) is 166 Å². The van der Waals surface area contributed by atoms with Crippen LogP contribution in [-0.2, 0) is 0 Å². The van der Waals surface area contributed by atoms with E-state index < -0.39 is 8.07 Å². The Bertz CT molecular complexity index is 2270. The summed E-state index contributed by atoms with van der Waals surface area (Å²) in [7, 11) is -1.94. The van der Waals surface area contributed by atoms with Gasteiger partial charge in [0.2, 0.25) is 0 Å². The highest BCUT2D eigenvalue weighted by Gasteiger charge is 2.47. The Hall–Kier alpha value is -4.25. The fourth-order valence-corrected chi connectivity index (χ4v) is 15.4. The number of hydrogen-bond acceptors (Lipinski definition) is 3. The minimum atomic E-state index is -1.94. The van der Waals surface area contributed by atoms with Gasteiger partial charge >= 0.3 is 0 Å². The summed E-state index contributed by atoms with van der Waals surface area (Å²) in [6, 6.07) is 14.2. The second kappa shape index (κ2) is 11.9. The van der Waals surface area contributed by atoms with Crippen molar-refractivity contribution >= 4 is 30.6 Å². The molecule has 11 rings (SSSR count). The molecule has 0 amide bonds. The molecule has 9 aliphatic rings. The molecule has 258 valence electrons. The third-order valence-corrected chi connectivity index (χ3v) is 18.4. The molecule has 2 aromatic rings. The molecule has 2 nitrogen and oxygen atoms in total. The van der Waals surface area contributed by atoms with Crippen molar-refractivity contribution in [2.75, 3.05) is 0 Å². The van der Waals surface area contributed by atoms with Crippen LogP contribution in [-0.4, -0.2) is 30.4 Å². The molecule has 3 heterocycles. The Morgan fingerprint density at radius 3 is 2.69 bits per heavy atom. The smallest absolute Gasteiger partial charge is 0.131 e. The highest BCUT2D eigenvalue weighted by atomic mass is 32.2. The minimum absolute atomic E-state index is 0.111. The second-order valence-corrected chi connectivity index (χ2v) is 22.1. The third kappa shape index (κ3) is 4.69. The van der Waals surface area contributed by atoms with E-state index in [9.17, 15) is 0 Å². The first-order chi connectivity index (χ1) is 25.5. The number of fused-ring (bicyclic) bond motifs is 10. The topological polar surface area (TPSA) is 12.5 Å². The predicted molar refractivity (Wildman–Crippen MR) is 219 cm³/mol. The molecule has 0 bridgehead atoms. The average Bonchev–Trinajstić information content (AvgIpc) is 3.82. The molecule has 0 aromatic heterocycles. The normalized spacial score (nSPS) is 32.0. The van der Waals surface area contributed by atoms with E-state index in [1.165, 1.54) is 62.5 Å². The monoisotopic (exact) mass is 711 g/mol. The number of benzene rings is 2. The van der Waals surface area contributed by atoms with Crippen LogP contribution in [0.2, 0.25) is 13.1 Å². The molecular weight excluding hydrogens is 667 g/mol. The standard InChI is InChI=1S/C48H45NOSSi/c1-52(2)45-26-24-39-37-16-5-7-19-42(37)50-48(39)47(45)40-23-21-34(29-46(40)52)49(33-22-25-44-41(28-33)38-17-6-8-20-43(38)51-44)32-14-9-13-31(27-32)36-18-10-12-30-11-3-4-15-35(30)36/h3,5-8,10-13,16-28,34-37,41-42,44H,4,9,14-15,29H2,1-2H3. The average molecular weight is 712 g/mol. The molecular formula is C48H45NOSSi. The molecule has 6 aliphatic carbocycles. The summed E-state index contributed by atoms with van der Waals surface area (Å²) in [5.74, 6) is 2.89. The fourth-order valence-electron chi connectivity index (χ4n) is 10.8. The number of allylic oxidation sites excluding steroid dienone is 16. The first-order valence-electron chi connectivity index (χ1n) is 19.5.